The first kappa shape index (κ1) is 26.2. The third kappa shape index (κ3) is 6.38. The van der Waals surface area contributed by atoms with Gasteiger partial charge in [0.05, 0.1) is 23.8 Å². The summed E-state index contributed by atoms with van der Waals surface area (Å²) in [6.07, 6.45) is 3.03. The predicted molar refractivity (Wildman–Crippen MR) is 124 cm³/mol. The monoisotopic (exact) mass is 533 g/mol. The SMILES string of the molecule is COC(=O)[C@H](C)NP(=O)(OC[C@@H]1C=C[C@H](n2cc(C)c(=O)[nH]c2=O)O1)Oc1ccc(Cl)c(Cl)c1. The van der Waals surface area contributed by atoms with E-state index in [0.29, 0.717) is 5.56 Å². The van der Waals surface area contributed by atoms with Gasteiger partial charge in [0.15, 0.2) is 6.23 Å². The van der Waals surface area contributed by atoms with Gasteiger partial charge in [-0.2, -0.15) is 5.09 Å². The van der Waals surface area contributed by atoms with E-state index in [4.69, 9.17) is 37.0 Å². The molecule has 2 N–H and O–H groups in total. The van der Waals surface area contributed by atoms with E-state index >= 15 is 0 Å². The molecule has 0 amide bonds. The molecule has 0 spiro atoms. The molecule has 1 aromatic heterocycles. The topological polar surface area (TPSA) is 138 Å². The van der Waals surface area contributed by atoms with Crippen molar-refractivity contribution in [3.05, 3.63) is 73.0 Å². The number of nitrogens with one attached hydrogen (secondary N) is 2. The van der Waals surface area contributed by atoms with E-state index in [1.165, 1.54) is 43.0 Å². The van der Waals surface area contributed by atoms with Crippen LogP contribution in [0.5, 0.6) is 5.75 Å². The number of benzene rings is 1. The van der Waals surface area contributed by atoms with Crippen LogP contribution in [-0.2, 0) is 23.4 Å². The number of aromatic nitrogens is 2. The molecule has 0 saturated heterocycles. The molecule has 3 rings (SSSR count). The average molecular weight is 534 g/mol. The van der Waals surface area contributed by atoms with Crippen molar-refractivity contribution in [2.24, 2.45) is 0 Å². The first-order valence-corrected chi connectivity index (χ1v) is 12.2. The van der Waals surface area contributed by atoms with Gasteiger partial charge in [0.1, 0.15) is 17.9 Å². The number of ether oxygens (including phenoxy) is 2. The molecular formula is C20H22Cl2N3O8P. The molecule has 0 fully saturated rings. The Morgan fingerprint density at radius 2 is 2.03 bits per heavy atom. The lowest BCUT2D eigenvalue weighted by Gasteiger charge is -2.24. The van der Waals surface area contributed by atoms with Gasteiger partial charge < -0.3 is 14.0 Å². The number of H-pyrrole nitrogens is 1. The Balaban J connectivity index is 1.73. The van der Waals surface area contributed by atoms with Gasteiger partial charge in [-0.25, -0.2) is 9.36 Å². The lowest BCUT2D eigenvalue weighted by Crippen LogP contribution is -2.35. The molecule has 1 aliphatic heterocycles. The Morgan fingerprint density at radius 1 is 1.29 bits per heavy atom. The maximum Gasteiger partial charge on any atom is 0.459 e. The molecule has 1 unspecified atom stereocenters. The van der Waals surface area contributed by atoms with E-state index in [1.54, 1.807) is 19.1 Å². The summed E-state index contributed by atoms with van der Waals surface area (Å²) in [6.45, 7) is 2.72. The van der Waals surface area contributed by atoms with Gasteiger partial charge >= 0.3 is 19.4 Å². The van der Waals surface area contributed by atoms with Crippen LogP contribution in [0.15, 0.2) is 46.1 Å². The van der Waals surface area contributed by atoms with Crippen LogP contribution in [0.1, 0.15) is 18.7 Å². The quantitative estimate of drug-likeness (QED) is 0.283. The molecule has 11 nitrogen and oxygen atoms in total. The number of carbonyl (C=O) groups is 1. The van der Waals surface area contributed by atoms with Crippen LogP contribution in [0, 0.1) is 6.92 Å². The second-order valence-corrected chi connectivity index (χ2v) is 9.77. The Morgan fingerprint density at radius 3 is 2.71 bits per heavy atom. The lowest BCUT2D eigenvalue weighted by atomic mass is 10.3. The number of esters is 1. The smallest absolute Gasteiger partial charge is 0.459 e. The highest BCUT2D eigenvalue weighted by molar-refractivity contribution is 7.52. The molecule has 1 aromatic carbocycles. The van der Waals surface area contributed by atoms with Gasteiger partial charge in [0.25, 0.3) is 5.56 Å². The van der Waals surface area contributed by atoms with Gasteiger partial charge in [-0.15, -0.1) is 0 Å². The molecule has 2 aromatic rings. The van der Waals surface area contributed by atoms with Crippen molar-refractivity contribution < 1.29 is 27.9 Å². The van der Waals surface area contributed by atoms with E-state index in [9.17, 15) is 18.9 Å². The first-order chi connectivity index (χ1) is 16.0. The van der Waals surface area contributed by atoms with Gasteiger partial charge in [-0.05, 0) is 32.1 Å². The molecule has 0 radical (unpaired) electrons. The van der Waals surface area contributed by atoms with Crippen molar-refractivity contribution in [3.63, 3.8) is 0 Å². The highest BCUT2D eigenvalue weighted by Gasteiger charge is 2.34. The largest absolute Gasteiger partial charge is 0.468 e. The van der Waals surface area contributed by atoms with Crippen molar-refractivity contribution in [1.29, 1.82) is 0 Å². The standard InChI is InChI=1S/C20H22Cl2N3O8P/c1-11-9-25(20(28)23-18(11)26)17-7-5-14(32-17)10-31-34(29,24-12(2)19(27)30-3)33-13-4-6-15(21)16(22)8-13/h4-9,12,14,17H,10H2,1-3H3,(H,24,29)(H,23,26,28)/t12-,14-,17+,34?/m0/s1. The molecule has 34 heavy (non-hydrogen) atoms. The fraction of sp³-hybridized carbons (Fsp3) is 0.350. The van der Waals surface area contributed by atoms with E-state index in [-0.39, 0.29) is 22.4 Å². The van der Waals surface area contributed by atoms with Gasteiger partial charge in [-0.3, -0.25) is 23.7 Å². The van der Waals surface area contributed by atoms with Crippen molar-refractivity contribution >= 4 is 36.9 Å². The molecule has 0 bridgehead atoms. The Hall–Kier alpha value is -2.40. The van der Waals surface area contributed by atoms with Crippen LogP contribution >= 0.6 is 30.9 Å². The minimum Gasteiger partial charge on any atom is -0.468 e. The van der Waals surface area contributed by atoms with E-state index in [0.717, 1.165) is 0 Å². The summed E-state index contributed by atoms with van der Waals surface area (Å²) in [5.74, 6) is -0.607. The Kier molecular flexibility index (Phi) is 8.40. The van der Waals surface area contributed by atoms with Crippen LogP contribution < -0.4 is 20.9 Å². The van der Waals surface area contributed by atoms with E-state index in [1.807, 2.05) is 0 Å². The van der Waals surface area contributed by atoms with Crippen LogP contribution in [-0.4, -0.2) is 41.4 Å². The maximum atomic E-state index is 13.4. The summed E-state index contributed by atoms with van der Waals surface area (Å²) in [5, 5.41) is 2.93. The fourth-order valence-electron chi connectivity index (χ4n) is 2.92. The average Bonchev–Trinajstić information content (AvgIpc) is 3.25. The third-order valence-electron chi connectivity index (χ3n) is 4.66. The summed E-state index contributed by atoms with van der Waals surface area (Å²) in [7, 11) is -2.97. The minimum atomic E-state index is -4.15. The number of halogens is 2. The molecule has 2 heterocycles. The predicted octanol–water partition coefficient (Wildman–Crippen LogP) is 2.96. The van der Waals surface area contributed by atoms with Gasteiger partial charge in [0.2, 0.25) is 0 Å². The molecule has 0 saturated carbocycles. The van der Waals surface area contributed by atoms with Gasteiger partial charge in [0, 0.05) is 17.8 Å². The van der Waals surface area contributed by atoms with Crippen LogP contribution in [0.25, 0.3) is 0 Å². The fourth-order valence-corrected chi connectivity index (χ4v) is 4.70. The number of carbonyl (C=O) groups excluding carboxylic acids is 1. The molecule has 1 aliphatic rings. The highest BCUT2D eigenvalue weighted by Crippen LogP contribution is 2.46. The van der Waals surface area contributed by atoms with Crippen LogP contribution in [0.3, 0.4) is 0 Å². The number of hydrogen-bond donors (Lipinski definition) is 2. The van der Waals surface area contributed by atoms with Crippen molar-refractivity contribution in [1.82, 2.24) is 14.6 Å². The lowest BCUT2D eigenvalue weighted by molar-refractivity contribution is -0.142. The zero-order valence-corrected chi connectivity index (χ0v) is 20.7. The number of rotatable bonds is 9. The summed E-state index contributed by atoms with van der Waals surface area (Å²) < 4.78 is 36.1. The number of aromatic amines is 1. The number of methoxy groups -OCH3 is 1. The zero-order valence-electron chi connectivity index (χ0n) is 18.3. The van der Waals surface area contributed by atoms with E-state index < -0.39 is 43.3 Å². The molecule has 0 aliphatic carbocycles. The summed E-state index contributed by atoms with van der Waals surface area (Å²) in [5.41, 5.74) is -0.805. The molecular weight excluding hydrogens is 512 g/mol. The van der Waals surface area contributed by atoms with Gasteiger partial charge in [-0.1, -0.05) is 29.3 Å². The Bertz CT molecular complexity index is 1260. The van der Waals surface area contributed by atoms with Crippen molar-refractivity contribution in [3.8, 4) is 5.75 Å². The Labute approximate surface area is 204 Å². The second-order valence-electron chi connectivity index (χ2n) is 7.26. The van der Waals surface area contributed by atoms with E-state index in [2.05, 4.69) is 14.8 Å². The third-order valence-corrected chi connectivity index (χ3v) is 7.04. The highest BCUT2D eigenvalue weighted by atomic mass is 35.5. The summed E-state index contributed by atoms with van der Waals surface area (Å²) in [6, 6.07) is 3.19. The molecule has 184 valence electrons. The minimum absolute atomic E-state index is 0.0818. The number of aryl methyl sites for hydroxylation is 1. The number of hydrogen-bond acceptors (Lipinski definition) is 8. The maximum absolute atomic E-state index is 13.4. The first-order valence-electron chi connectivity index (χ1n) is 9.92. The van der Waals surface area contributed by atoms with Crippen LogP contribution in [0.4, 0.5) is 0 Å². The molecule has 4 atom stereocenters. The second kappa shape index (κ2) is 10.9. The number of nitrogens with zero attached hydrogens (tertiary/aromatic N) is 1. The normalized spacial score (nSPS) is 20.0. The molecule has 14 heteroatoms. The zero-order chi connectivity index (χ0) is 25.0. The van der Waals surface area contributed by atoms with Crippen molar-refractivity contribution in [2.45, 2.75) is 32.2 Å². The van der Waals surface area contributed by atoms with Crippen LogP contribution in [0.2, 0.25) is 10.0 Å². The summed E-state index contributed by atoms with van der Waals surface area (Å²) in [4.78, 5) is 37.7. The summed E-state index contributed by atoms with van der Waals surface area (Å²) >= 11 is 11.9. The van der Waals surface area contributed by atoms with Crippen molar-refractivity contribution in [2.75, 3.05) is 13.7 Å².